The Balaban J connectivity index is 1.94. The van der Waals surface area contributed by atoms with Gasteiger partial charge in [-0.15, -0.1) is 81.8 Å². The first-order chi connectivity index (χ1) is 14.7. The molecule has 150 valence electrons. The molecule has 0 amide bonds. The van der Waals surface area contributed by atoms with E-state index < -0.39 is 8.07 Å². The first-order valence-corrected chi connectivity index (χ1v) is 12.7. The molecule has 0 radical (unpaired) electrons. The molecule has 0 aromatic heterocycles. The number of benzene rings is 3. The van der Waals surface area contributed by atoms with Crippen LogP contribution in [-0.4, -0.2) is 22.3 Å². The molecule has 0 unspecified atom stereocenters. The highest BCUT2D eigenvalue weighted by atomic mass is 28.3. The van der Waals surface area contributed by atoms with E-state index in [1.807, 2.05) is 6.07 Å². The van der Waals surface area contributed by atoms with Gasteiger partial charge in [0.05, 0.1) is 22.3 Å². The summed E-state index contributed by atoms with van der Waals surface area (Å²) in [5.41, 5.74) is 0. The number of rotatable bonds is 5. The first kappa shape index (κ1) is 18.7. The summed E-state index contributed by atoms with van der Waals surface area (Å²) >= 11 is 0. The Kier molecular flexibility index (Phi) is 4.48. The van der Waals surface area contributed by atoms with E-state index >= 15 is 0 Å². The zero-order valence-corrected chi connectivity index (χ0v) is 18.5. The SMILES string of the molecule is COc1cccc(OC)c1[Si](C)(c1cc[c-]2ccccc12)c1cc[c-]2ccccc12. The summed E-state index contributed by atoms with van der Waals surface area (Å²) in [4.78, 5) is 0. The van der Waals surface area contributed by atoms with Crippen LogP contribution in [0.3, 0.4) is 0 Å². The Labute approximate surface area is 178 Å². The van der Waals surface area contributed by atoms with Crippen molar-refractivity contribution in [3.63, 3.8) is 0 Å². The van der Waals surface area contributed by atoms with Gasteiger partial charge in [-0.2, -0.15) is 12.1 Å². The largest absolute Gasteiger partial charge is 0.497 e. The molecular weight excluding hydrogens is 384 g/mol. The van der Waals surface area contributed by atoms with Gasteiger partial charge in [-0.3, -0.25) is 0 Å². The lowest BCUT2D eigenvalue weighted by Crippen LogP contribution is -2.65. The van der Waals surface area contributed by atoms with E-state index in [1.165, 1.54) is 37.1 Å². The van der Waals surface area contributed by atoms with Crippen LogP contribution in [0.25, 0.3) is 21.5 Å². The van der Waals surface area contributed by atoms with Crippen molar-refractivity contribution in [1.82, 2.24) is 0 Å². The second-order valence-corrected chi connectivity index (χ2v) is 11.7. The topological polar surface area (TPSA) is 18.5 Å². The van der Waals surface area contributed by atoms with Gasteiger partial charge in [0.25, 0.3) is 0 Å². The van der Waals surface area contributed by atoms with E-state index in [2.05, 4.69) is 91.5 Å². The van der Waals surface area contributed by atoms with Gasteiger partial charge >= 0.3 is 0 Å². The van der Waals surface area contributed by atoms with Gasteiger partial charge in [0.1, 0.15) is 11.5 Å². The molecule has 30 heavy (non-hydrogen) atoms. The van der Waals surface area contributed by atoms with Gasteiger partial charge in [-0.05, 0) is 12.1 Å². The van der Waals surface area contributed by atoms with Gasteiger partial charge < -0.3 is 9.47 Å². The minimum absolute atomic E-state index is 0.888. The van der Waals surface area contributed by atoms with E-state index in [-0.39, 0.29) is 0 Å². The van der Waals surface area contributed by atoms with E-state index in [4.69, 9.17) is 9.47 Å². The highest BCUT2D eigenvalue weighted by Gasteiger charge is 2.35. The van der Waals surface area contributed by atoms with Crippen molar-refractivity contribution in [2.24, 2.45) is 0 Å². The molecule has 0 aliphatic carbocycles. The molecule has 5 aromatic rings. The third-order valence-electron chi connectivity index (χ3n) is 6.37. The fraction of sp³-hybridized carbons (Fsp3) is 0.111. The molecule has 0 aliphatic heterocycles. The molecule has 5 rings (SSSR count). The number of hydrogen-bond acceptors (Lipinski definition) is 2. The third-order valence-corrected chi connectivity index (χ3v) is 10.9. The molecule has 0 heterocycles. The Bertz CT molecular complexity index is 1250. The van der Waals surface area contributed by atoms with Gasteiger partial charge in [-0.25, -0.2) is 0 Å². The zero-order valence-electron chi connectivity index (χ0n) is 17.5. The molecule has 2 nitrogen and oxygen atoms in total. The minimum atomic E-state index is -2.48. The van der Waals surface area contributed by atoms with E-state index in [9.17, 15) is 0 Å². The minimum Gasteiger partial charge on any atom is -0.497 e. The Morgan fingerprint density at radius 3 is 1.57 bits per heavy atom. The summed E-state index contributed by atoms with van der Waals surface area (Å²) < 4.78 is 11.8. The van der Waals surface area contributed by atoms with Crippen LogP contribution in [0.5, 0.6) is 11.5 Å². The molecule has 0 bridgehead atoms. The number of ether oxygens (including phenoxy) is 2. The Morgan fingerprint density at radius 2 is 1.10 bits per heavy atom. The third kappa shape index (κ3) is 2.62. The molecule has 0 atom stereocenters. The average Bonchev–Trinajstić information content (AvgIpc) is 3.43. The van der Waals surface area contributed by atoms with Crippen LogP contribution in [0.15, 0.2) is 91.0 Å². The van der Waals surface area contributed by atoms with Crippen molar-refractivity contribution in [2.75, 3.05) is 14.2 Å². The molecular formula is C27H24O2Si-2. The van der Waals surface area contributed by atoms with Crippen molar-refractivity contribution in [1.29, 1.82) is 0 Å². The predicted octanol–water partition coefficient (Wildman–Crippen LogP) is 4.55. The maximum Gasteiger partial charge on any atom is 0.120 e. The predicted molar refractivity (Wildman–Crippen MR) is 129 cm³/mol. The van der Waals surface area contributed by atoms with E-state index in [0.29, 0.717) is 0 Å². The van der Waals surface area contributed by atoms with Crippen molar-refractivity contribution in [3.05, 3.63) is 91.0 Å². The molecule has 0 saturated carbocycles. The second-order valence-electron chi connectivity index (χ2n) is 7.83. The molecule has 0 N–H and O–H groups in total. The van der Waals surface area contributed by atoms with Gasteiger partial charge in [0.15, 0.2) is 0 Å². The summed E-state index contributed by atoms with van der Waals surface area (Å²) in [7, 11) is 1.02. The van der Waals surface area contributed by atoms with Crippen LogP contribution < -0.4 is 25.0 Å². The van der Waals surface area contributed by atoms with E-state index in [1.54, 1.807) is 14.2 Å². The van der Waals surface area contributed by atoms with Crippen LogP contribution in [0, 0.1) is 0 Å². The van der Waals surface area contributed by atoms with Crippen molar-refractivity contribution >= 4 is 45.2 Å². The lowest BCUT2D eigenvalue weighted by Gasteiger charge is -2.38. The zero-order chi connectivity index (χ0) is 20.7. The summed E-state index contributed by atoms with van der Waals surface area (Å²) in [6, 6.07) is 32.5. The van der Waals surface area contributed by atoms with Crippen LogP contribution in [0.4, 0.5) is 0 Å². The van der Waals surface area contributed by atoms with Crippen molar-refractivity contribution in [3.8, 4) is 11.5 Å². The maximum atomic E-state index is 5.91. The average molecular weight is 409 g/mol. The van der Waals surface area contributed by atoms with Crippen molar-refractivity contribution < 1.29 is 9.47 Å². The standard InChI is InChI=1S/C27H24O2Si/c1-28-23-13-8-14-24(29-2)27(23)30(3,25-17-15-19-9-4-6-11-21(19)25)26-18-16-20-10-5-7-12-22(20)26/h4-18H,1-3H3/q-2. The number of methoxy groups -OCH3 is 2. The summed E-state index contributed by atoms with van der Waals surface area (Å²) in [5.74, 6) is 1.78. The molecule has 5 aromatic carbocycles. The Morgan fingerprint density at radius 1 is 0.600 bits per heavy atom. The maximum absolute atomic E-state index is 5.91. The van der Waals surface area contributed by atoms with Crippen LogP contribution in [0.2, 0.25) is 6.55 Å². The lowest BCUT2D eigenvalue weighted by molar-refractivity contribution is 0.400. The molecule has 0 fully saturated rings. The monoisotopic (exact) mass is 408 g/mol. The Hall–Kier alpha value is -3.30. The second kappa shape index (κ2) is 7.19. The molecule has 0 aliphatic rings. The first-order valence-electron chi connectivity index (χ1n) is 10.2. The summed E-state index contributed by atoms with van der Waals surface area (Å²) in [6.07, 6.45) is 0. The van der Waals surface area contributed by atoms with Crippen LogP contribution in [0.1, 0.15) is 0 Å². The number of fused-ring (bicyclic) bond motifs is 2. The fourth-order valence-corrected chi connectivity index (χ4v) is 9.48. The smallest absolute Gasteiger partial charge is 0.120 e. The quantitative estimate of drug-likeness (QED) is 0.314. The van der Waals surface area contributed by atoms with Crippen LogP contribution in [-0.2, 0) is 0 Å². The number of hydrogen-bond donors (Lipinski definition) is 0. The highest BCUT2D eigenvalue weighted by molar-refractivity contribution is 7.13. The van der Waals surface area contributed by atoms with Crippen LogP contribution >= 0.6 is 0 Å². The normalized spacial score (nSPS) is 11.8. The summed E-state index contributed by atoms with van der Waals surface area (Å²) in [6.45, 7) is 2.43. The fourth-order valence-electron chi connectivity index (χ4n) is 4.93. The van der Waals surface area contributed by atoms with Crippen molar-refractivity contribution in [2.45, 2.75) is 6.55 Å². The van der Waals surface area contributed by atoms with E-state index in [0.717, 1.165) is 11.5 Å². The molecule has 0 saturated heterocycles. The van der Waals surface area contributed by atoms with Gasteiger partial charge in [-0.1, -0.05) is 23.4 Å². The van der Waals surface area contributed by atoms with Gasteiger partial charge in [0.2, 0.25) is 0 Å². The lowest BCUT2D eigenvalue weighted by atomic mass is 10.2. The van der Waals surface area contributed by atoms with Gasteiger partial charge in [0, 0.05) is 5.19 Å². The molecule has 0 spiro atoms. The molecule has 3 heteroatoms. The summed E-state index contributed by atoms with van der Waals surface area (Å²) in [5, 5.41) is 9.12. The highest BCUT2D eigenvalue weighted by Crippen LogP contribution is 2.28.